The van der Waals surface area contributed by atoms with Crippen LogP contribution in [0.1, 0.15) is 18.1 Å². The van der Waals surface area contributed by atoms with Crippen molar-refractivity contribution >= 4 is 52.0 Å². The van der Waals surface area contributed by atoms with Crippen LogP contribution in [0.3, 0.4) is 0 Å². The molecule has 3 aromatic rings. The molecule has 0 radical (unpaired) electrons. The van der Waals surface area contributed by atoms with Crippen LogP contribution in [-0.2, 0) is 14.4 Å². The number of nitrogens with zero attached hydrogens (tertiary/aromatic N) is 1. The van der Waals surface area contributed by atoms with Crippen molar-refractivity contribution in [2.24, 2.45) is 0 Å². The van der Waals surface area contributed by atoms with Gasteiger partial charge in [-0.05, 0) is 54.4 Å². The van der Waals surface area contributed by atoms with Crippen LogP contribution < -0.4 is 15.5 Å². The van der Waals surface area contributed by atoms with Gasteiger partial charge in [0.05, 0.1) is 11.3 Å². The average molecular weight is 446 g/mol. The summed E-state index contributed by atoms with van der Waals surface area (Å²) in [6, 6.07) is 20.9. The Morgan fingerprint density at radius 3 is 2.22 bits per heavy atom. The minimum absolute atomic E-state index is 0.178. The molecule has 2 N–H and O–H groups in total. The summed E-state index contributed by atoms with van der Waals surface area (Å²) in [5.74, 6) is -1.11. The fraction of sp³-hybridized carbons (Fsp3) is 0.0800. The molecule has 0 saturated carbocycles. The summed E-state index contributed by atoms with van der Waals surface area (Å²) in [7, 11) is 0. The molecule has 0 bridgehead atoms. The van der Waals surface area contributed by atoms with E-state index in [0.29, 0.717) is 27.6 Å². The Balaban J connectivity index is 1.76. The maximum atomic E-state index is 13.4. The lowest BCUT2D eigenvalue weighted by Gasteiger charge is -2.16. The van der Waals surface area contributed by atoms with Crippen molar-refractivity contribution in [3.05, 3.63) is 94.6 Å². The van der Waals surface area contributed by atoms with Crippen molar-refractivity contribution < 1.29 is 14.4 Å². The molecular formula is C25H20ClN3O3. The summed E-state index contributed by atoms with van der Waals surface area (Å²) in [6.45, 7) is 3.25. The van der Waals surface area contributed by atoms with Crippen molar-refractivity contribution in [1.82, 2.24) is 0 Å². The van der Waals surface area contributed by atoms with E-state index in [1.54, 1.807) is 54.6 Å². The average Bonchev–Trinajstić information content (AvgIpc) is 3.02. The summed E-state index contributed by atoms with van der Waals surface area (Å²) in [5, 5.41) is 6.37. The Morgan fingerprint density at radius 2 is 1.56 bits per heavy atom. The monoisotopic (exact) mass is 445 g/mol. The van der Waals surface area contributed by atoms with Gasteiger partial charge < -0.3 is 10.6 Å². The molecule has 3 amide bonds. The second-order valence-electron chi connectivity index (χ2n) is 7.33. The topological polar surface area (TPSA) is 78.5 Å². The number of rotatable bonds is 5. The largest absolute Gasteiger partial charge is 0.350 e. The second-order valence-corrected chi connectivity index (χ2v) is 7.73. The van der Waals surface area contributed by atoms with Gasteiger partial charge in [0.15, 0.2) is 0 Å². The number of nitrogens with one attached hydrogen (secondary N) is 2. The zero-order valence-electron chi connectivity index (χ0n) is 17.5. The highest BCUT2D eigenvalue weighted by Gasteiger charge is 2.40. The molecule has 32 heavy (non-hydrogen) atoms. The Morgan fingerprint density at radius 1 is 0.875 bits per heavy atom. The van der Waals surface area contributed by atoms with Crippen molar-refractivity contribution in [1.29, 1.82) is 0 Å². The first kappa shape index (κ1) is 21.3. The Kier molecular flexibility index (Phi) is 5.79. The highest BCUT2D eigenvalue weighted by molar-refractivity contribution is 6.46. The third kappa shape index (κ3) is 4.00. The number of anilines is 3. The van der Waals surface area contributed by atoms with E-state index >= 15 is 0 Å². The van der Waals surface area contributed by atoms with Crippen LogP contribution in [0.5, 0.6) is 0 Å². The first-order chi connectivity index (χ1) is 15.4. The maximum absolute atomic E-state index is 13.4. The molecule has 0 saturated heterocycles. The van der Waals surface area contributed by atoms with E-state index < -0.39 is 11.8 Å². The highest BCUT2D eigenvalue weighted by atomic mass is 35.5. The van der Waals surface area contributed by atoms with Gasteiger partial charge in [0.25, 0.3) is 11.8 Å². The lowest BCUT2D eigenvalue weighted by Crippen LogP contribution is -2.32. The number of halogens is 1. The third-order valence-electron chi connectivity index (χ3n) is 5.12. The van der Waals surface area contributed by atoms with E-state index in [4.69, 9.17) is 11.6 Å². The van der Waals surface area contributed by atoms with E-state index in [0.717, 1.165) is 10.5 Å². The predicted octanol–water partition coefficient (Wildman–Crippen LogP) is 5.00. The minimum atomic E-state index is -0.472. The van der Waals surface area contributed by atoms with Gasteiger partial charge in [-0.1, -0.05) is 48.0 Å². The van der Waals surface area contributed by atoms with Crippen LogP contribution in [0.2, 0.25) is 5.02 Å². The maximum Gasteiger partial charge on any atom is 0.282 e. The zero-order valence-corrected chi connectivity index (χ0v) is 18.2. The van der Waals surface area contributed by atoms with E-state index in [1.165, 1.54) is 6.92 Å². The molecule has 0 atom stereocenters. The molecule has 1 aliphatic rings. The molecule has 1 heterocycles. The quantitative estimate of drug-likeness (QED) is 0.541. The van der Waals surface area contributed by atoms with Crippen LogP contribution in [0.15, 0.2) is 78.5 Å². The van der Waals surface area contributed by atoms with Gasteiger partial charge >= 0.3 is 0 Å². The van der Waals surface area contributed by atoms with Gasteiger partial charge in [0, 0.05) is 23.3 Å². The van der Waals surface area contributed by atoms with E-state index in [-0.39, 0.29) is 17.2 Å². The molecule has 7 heteroatoms. The molecule has 6 nitrogen and oxygen atoms in total. The normalized spacial score (nSPS) is 13.5. The fourth-order valence-corrected chi connectivity index (χ4v) is 3.70. The number of carbonyl (C=O) groups is 3. The van der Waals surface area contributed by atoms with Gasteiger partial charge in [-0.2, -0.15) is 0 Å². The number of hydrogen-bond acceptors (Lipinski definition) is 4. The van der Waals surface area contributed by atoms with Crippen molar-refractivity contribution in [2.75, 3.05) is 15.5 Å². The predicted molar refractivity (Wildman–Crippen MR) is 126 cm³/mol. The summed E-state index contributed by atoms with van der Waals surface area (Å²) in [5.41, 5.74) is 3.48. The number of carbonyl (C=O) groups excluding carboxylic acids is 3. The number of imide groups is 1. The summed E-state index contributed by atoms with van der Waals surface area (Å²) >= 11 is 6.24. The van der Waals surface area contributed by atoms with Crippen molar-refractivity contribution in [3.8, 4) is 0 Å². The Bertz CT molecular complexity index is 1250. The molecule has 0 fully saturated rings. The number of hydrogen-bond donors (Lipinski definition) is 2. The number of amides is 3. The van der Waals surface area contributed by atoms with E-state index in [1.807, 2.05) is 25.1 Å². The molecule has 0 aromatic heterocycles. The first-order valence-corrected chi connectivity index (χ1v) is 10.3. The van der Waals surface area contributed by atoms with Crippen LogP contribution in [0, 0.1) is 6.92 Å². The molecule has 0 spiro atoms. The molecule has 1 aliphatic heterocycles. The van der Waals surface area contributed by atoms with E-state index in [9.17, 15) is 14.4 Å². The molecule has 0 unspecified atom stereocenters. The van der Waals surface area contributed by atoms with Crippen LogP contribution in [0.25, 0.3) is 5.57 Å². The Hall–Kier alpha value is -3.90. The molecular weight excluding hydrogens is 426 g/mol. The minimum Gasteiger partial charge on any atom is -0.350 e. The zero-order chi connectivity index (χ0) is 22.8. The molecule has 0 aliphatic carbocycles. The smallest absolute Gasteiger partial charge is 0.282 e. The summed E-state index contributed by atoms with van der Waals surface area (Å²) in [6.07, 6.45) is 0. The van der Waals surface area contributed by atoms with Crippen LogP contribution in [0.4, 0.5) is 17.1 Å². The van der Waals surface area contributed by atoms with Crippen LogP contribution in [-0.4, -0.2) is 17.7 Å². The van der Waals surface area contributed by atoms with Crippen molar-refractivity contribution in [3.63, 3.8) is 0 Å². The standard InChI is InChI=1S/C25H20ClN3O3/c1-15-20(26)9-6-10-21(15)28-23-22(17-7-4-3-5-8-17)24(31)29(25(23)32)19-13-11-18(12-14-19)27-16(2)30/h3-14,28H,1-2H3,(H,27,30). The van der Waals surface area contributed by atoms with E-state index in [2.05, 4.69) is 10.6 Å². The molecule has 160 valence electrons. The lowest BCUT2D eigenvalue weighted by atomic mass is 10.0. The van der Waals surface area contributed by atoms with Gasteiger partial charge in [0.2, 0.25) is 5.91 Å². The van der Waals surface area contributed by atoms with Gasteiger partial charge in [-0.25, -0.2) is 4.90 Å². The summed E-state index contributed by atoms with van der Waals surface area (Å²) in [4.78, 5) is 39.3. The van der Waals surface area contributed by atoms with Gasteiger partial charge in [0.1, 0.15) is 5.70 Å². The SMILES string of the molecule is CC(=O)Nc1ccc(N2C(=O)C(Nc3cccc(Cl)c3C)=C(c3ccccc3)C2=O)cc1. The van der Waals surface area contributed by atoms with Gasteiger partial charge in [-0.15, -0.1) is 0 Å². The molecule has 4 rings (SSSR count). The van der Waals surface area contributed by atoms with Crippen LogP contribution >= 0.6 is 11.6 Å². The van der Waals surface area contributed by atoms with Crippen molar-refractivity contribution in [2.45, 2.75) is 13.8 Å². The number of benzene rings is 3. The second kappa shape index (κ2) is 8.69. The highest BCUT2D eigenvalue weighted by Crippen LogP contribution is 2.35. The molecule has 3 aromatic carbocycles. The summed E-state index contributed by atoms with van der Waals surface area (Å²) < 4.78 is 0. The Labute approximate surface area is 190 Å². The lowest BCUT2D eigenvalue weighted by molar-refractivity contribution is -0.120. The fourth-order valence-electron chi connectivity index (χ4n) is 3.53. The first-order valence-electron chi connectivity index (χ1n) is 9.95. The third-order valence-corrected chi connectivity index (χ3v) is 5.53. The van der Waals surface area contributed by atoms with Gasteiger partial charge in [-0.3, -0.25) is 14.4 Å².